The average Bonchev–Trinajstić information content (AvgIpc) is 3.30. The van der Waals surface area contributed by atoms with Gasteiger partial charge in [-0.3, -0.25) is 4.31 Å². The summed E-state index contributed by atoms with van der Waals surface area (Å²) >= 11 is 0. The Kier molecular flexibility index (Phi) is 6.60. The van der Waals surface area contributed by atoms with Crippen molar-refractivity contribution in [3.63, 3.8) is 0 Å². The van der Waals surface area contributed by atoms with Crippen LogP contribution in [0.3, 0.4) is 0 Å². The van der Waals surface area contributed by atoms with Crippen molar-refractivity contribution in [3.05, 3.63) is 65.8 Å². The Morgan fingerprint density at radius 3 is 2.29 bits per heavy atom. The summed E-state index contributed by atoms with van der Waals surface area (Å²) in [5, 5.41) is 6.25. The van der Waals surface area contributed by atoms with Gasteiger partial charge in [0.05, 0.1) is 12.2 Å². The molecule has 1 aliphatic heterocycles. The Balaban J connectivity index is 1.64. The van der Waals surface area contributed by atoms with Gasteiger partial charge in [0, 0.05) is 37.3 Å². The van der Waals surface area contributed by atoms with Gasteiger partial charge in [-0.15, -0.1) is 10.2 Å². The molecule has 0 bridgehead atoms. The molecule has 2 aromatic carbocycles. The second-order valence-corrected chi connectivity index (χ2v) is 9.62. The Morgan fingerprint density at radius 1 is 1.03 bits per heavy atom. The lowest BCUT2D eigenvalue weighted by atomic mass is 10.1. The molecule has 13 heteroatoms. The van der Waals surface area contributed by atoms with Crippen LogP contribution in [0.25, 0.3) is 11.5 Å². The van der Waals surface area contributed by atoms with E-state index in [9.17, 15) is 26.0 Å². The van der Waals surface area contributed by atoms with Crippen LogP contribution in [0.4, 0.5) is 23.2 Å². The fourth-order valence-corrected chi connectivity index (χ4v) is 5.07. The molecule has 0 aliphatic carbocycles. The zero-order valence-corrected chi connectivity index (χ0v) is 18.9. The Hall–Kier alpha value is -3.03. The van der Waals surface area contributed by atoms with E-state index in [0.29, 0.717) is 31.9 Å². The molecule has 0 spiro atoms. The van der Waals surface area contributed by atoms with Crippen molar-refractivity contribution in [2.24, 2.45) is 0 Å². The Morgan fingerprint density at radius 2 is 1.71 bits per heavy atom. The second kappa shape index (κ2) is 9.31. The van der Waals surface area contributed by atoms with Gasteiger partial charge in [-0.25, -0.2) is 4.39 Å². The average molecular weight is 499 g/mol. The van der Waals surface area contributed by atoms with Gasteiger partial charge in [0.15, 0.2) is 0 Å². The van der Waals surface area contributed by atoms with E-state index in [0.717, 1.165) is 10.4 Å². The van der Waals surface area contributed by atoms with Crippen LogP contribution in [0.1, 0.15) is 11.5 Å². The van der Waals surface area contributed by atoms with Crippen LogP contribution in [0.2, 0.25) is 0 Å². The van der Waals surface area contributed by atoms with Gasteiger partial charge in [0.2, 0.25) is 5.89 Å². The molecular weight excluding hydrogens is 478 g/mol. The van der Waals surface area contributed by atoms with Crippen molar-refractivity contribution in [1.29, 1.82) is 0 Å². The standard InChI is InChI=1S/C21H21F4N5O3S/c1-28-9-11-29(12-10-28)34(31,32)30(17-5-3-2-4-6-17)14-16-8-7-15(13-18(16)22)19-26-27-20(33-19)21(23,24)25/h2-8,13H,9-12,14H2,1H3. The van der Waals surface area contributed by atoms with E-state index < -0.39 is 34.0 Å². The highest BCUT2D eigenvalue weighted by atomic mass is 32.2. The van der Waals surface area contributed by atoms with Gasteiger partial charge >= 0.3 is 22.3 Å². The molecule has 182 valence electrons. The lowest BCUT2D eigenvalue weighted by Crippen LogP contribution is -2.52. The molecule has 4 rings (SSSR count). The smallest absolute Gasteiger partial charge is 0.413 e. The molecule has 3 aromatic rings. The van der Waals surface area contributed by atoms with E-state index in [2.05, 4.69) is 14.6 Å². The lowest BCUT2D eigenvalue weighted by molar-refractivity contribution is -0.156. The summed E-state index contributed by atoms with van der Waals surface area (Å²) < 4.78 is 87.1. The van der Waals surface area contributed by atoms with Crippen LogP contribution in [-0.2, 0) is 22.9 Å². The monoisotopic (exact) mass is 499 g/mol. The summed E-state index contributed by atoms with van der Waals surface area (Å²) in [5.41, 5.74) is 0.329. The molecule has 1 aliphatic rings. The van der Waals surface area contributed by atoms with Crippen LogP contribution in [-0.4, -0.2) is 61.0 Å². The summed E-state index contributed by atoms with van der Waals surface area (Å²) in [5.74, 6) is -2.86. The second-order valence-electron chi connectivity index (χ2n) is 7.77. The largest absolute Gasteiger partial charge is 0.470 e. The van der Waals surface area contributed by atoms with Crippen molar-refractivity contribution >= 4 is 15.9 Å². The summed E-state index contributed by atoms with van der Waals surface area (Å²) in [7, 11) is -2.08. The number of hydrogen-bond acceptors (Lipinski definition) is 6. The topological polar surface area (TPSA) is 82.8 Å². The Bertz CT molecular complexity index is 1240. The molecule has 0 atom stereocenters. The van der Waals surface area contributed by atoms with Crippen molar-refractivity contribution in [2.75, 3.05) is 37.5 Å². The molecule has 0 radical (unpaired) electrons. The molecule has 0 N–H and O–H groups in total. The number of likely N-dealkylation sites (N-methyl/N-ethyl adjacent to an activating group) is 1. The molecule has 0 amide bonds. The molecule has 0 saturated carbocycles. The van der Waals surface area contributed by atoms with E-state index in [1.807, 2.05) is 11.9 Å². The van der Waals surface area contributed by atoms with Gasteiger partial charge in [0.25, 0.3) is 0 Å². The third-order valence-electron chi connectivity index (χ3n) is 5.39. The van der Waals surface area contributed by atoms with Crippen LogP contribution < -0.4 is 4.31 Å². The predicted molar refractivity (Wildman–Crippen MR) is 115 cm³/mol. The maximum atomic E-state index is 15.0. The number of piperazine rings is 1. The number of aromatic nitrogens is 2. The maximum absolute atomic E-state index is 15.0. The van der Waals surface area contributed by atoms with Gasteiger partial charge in [-0.2, -0.15) is 25.9 Å². The number of hydrogen-bond donors (Lipinski definition) is 0. The van der Waals surface area contributed by atoms with E-state index in [1.165, 1.54) is 16.4 Å². The molecular formula is C21H21F4N5O3S. The minimum absolute atomic E-state index is 0.0286. The quantitative estimate of drug-likeness (QED) is 0.484. The van der Waals surface area contributed by atoms with Gasteiger partial charge in [-0.05, 0) is 31.3 Å². The third-order valence-corrected chi connectivity index (χ3v) is 7.31. The third kappa shape index (κ3) is 5.05. The fraction of sp³-hybridized carbons (Fsp3) is 0.333. The number of rotatable bonds is 6. The highest BCUT2D eigenvalue weighted by molar-refractivity contribution is 7.90. The molecule has 1 aromatic heterocycles. The normalized spacial score (nSPS) is 16.0. The molecule has 1 fully saturated rings. The van der Waals surface area contributed by atoms with Crippen LogP contribution in [0.15, 0.2) is 52.9 Å². The first-order valence-electron chi connectivity index (χ1n) is 10.3. The summed E-state index contributed by atoms with van der Waals surface area (Å²) in [6.07, 6.45) is -4.82. The van der Waals surface area contributed by atoms with Crippen molar-refractivity contribution in [3.8, 4) is 11.5 Å². The van der Waals surface area contributed by atoms with E-state index in [-0.39, 0.29) is 17.7 Å². The molecule has 2 heterocycles. The highest BCUT2D eigenvalue weighted by Crippen LogP contribution is 2.31. The van der Waals surface area contributed by atoms with Crippen LogP contribution in [0, 0.1) is 5.82 Å². The molecule has 1 saturated heterocycles. The van der Waals surface area contributed by atoms with Crippen LogP contribution >= 0.6 is 0 Å². The van der Waals surface area contributed by atoms with Crippen molar-refractivity contribution in [1.82, 2.24) is 19.4 Å². The predicted octanol–water partition coefficient (Wildman–Crippen LogP) is 3.39. The number of alkyl halides is 3. The van der Waals surface area contributed by atoms with E-state index in [4.69, 9.17) is 0 Å². The van der Waals surface area contributed by atoms with Gasteiger partial charge in [-0.1, -0.05) is 24.3 Å². The molecule has 0 unspecified atom stereocenters. The maximum Gasteiger partial charge on any atom is 0.470 e. The summed E-state index contributed by atoms with van der Waals surface area (Å²) in [4.78, 5) is 2.01. The summed E-state index contributed by atoms with van der Waals surface area (Å²) in [6, 6.07) is 11.8. The lowest BCUT2D eigenvalue weighted by Gasteiger charge is -2.36. The number of benzene rings is 2. The zero-order valence-electron chi connectivity index (χ0n) is 18.0. The number of anilines is 1. The molecule has 34 heavy (non-hydrogen) atoms. The van der Waals surface area contributed by atoms with Gasteiger partial charge in [0.1, 0.15) is 5.82 Å². The minimum atomic E-state index is -4.82. The number of halogens is 4. The van der Waals surface area contributed by atoms with E-state index in [1.54, 1.807) is 30.3 Å². The highest BCUT2D eigenvalue weighted by Gasteiger charge is 2.38. The summed E-state index contributed by atoms with van der Waals surface area (Å²) in [6.45, 7) is 1.40. The van der Waals surface area contributed by atoms with Crippen molar-refractivity contribution in [2.45, 2.75) is 12.7 Å². The number of para-hydroxylation sites is 1. The zero-order chi connectivity index (χ0) is 24.5. The first kappa shape index (κ1) is 24.1. The SMILES string of the molecule is CN1CCN(S(=O)(=O)N(Cc2ccc(-c3nnc(C(F)(F)F)o3)cc2F)c2ccccc2)CC1. The first-order chi connectivity index (χ1) is 16.1. The first-order valence-corrected chi connectivity index (χ1v) is 11.7. The minimum Gasteiger partial charge on any atom is -0.413 e. The van der Waals surface area contributed by atoms with Crippen LogP contribution in [0.5, 0.6) is 0 Å². The number of nitrogens with zero attached hydrogens (tertiary/aromatic N) is 5. The van der Waals surface area contributed by atoms with E-state index >= 15 is 0 Å². The van der Waals surface area contributed by atoms with Gasteiger partial charge < -0.3 is 9.32 Å². The molecule has 8 nitrogen and oxygen atoms in total. The Labute approximate surface area is 193 Å². The van der Waals surface area contributed by atoms with Crippen molar-refractivity contribution < 1.29 is 30.4 Å². The fourth-order valence-electron chi connectivity index (χ4n) is 3.48.